The van der Waals surface area contributed by atoms with Gasteiger partial charge in [0.15, 0.2) is 0 Å². The van der Waals surface area contributed by atoms with Crippen LogP contribution in [0.25, 0.3) is 0 Å². The summed E-state index contributed by atoms with van der Waals surface area (Å²) in [5, 5.41) is 4.65. The van der Waals surface area contributed by atoms with Crippen LogP contribution in [0.4, 0.5) is 0 Å². The molecule has 1 saturated carbocycles. The van der Waals surface area contributed by atoms with Gasteiger partial charge in [-0.3, -0.25) is 0 Å². The molecular formula is C17H33NOS. The summed E-state index contributed by atoms with van der Waals surface area (Å²) in [7, 11) is 0. The number of hydrogen-bond acceptors (Lipinski definition) is 3. The predicted octanol–water partition coefficient (Wildman–Crippen LogP) is 4.23. The molecule has 0 radical (unpaired) electrons. The van der Waals surface area contributed by atoms with Gasteiger partial charge in [-0.15, -0.1) is 0 Å². The first-order valence-corrected chi connectivity index (χ1v) is 9.44. The van der Waals surface area contributed by atoms with E-state index in [4.69, 9.17) is 4.74 Å². The van der Waals surface area contributed by atoms with Crippen molar-refractivity contribution in [2.24, 2.45) is 5.92 Å². The summed E-state index contributed by atoms with van der Waals surface area (Å²) in [5.41, 5.74) is 0.0203. The molecule has 2 rings (SSSR count). The van der Waals surface area contributed by atoms with Crippen molar-refractivity contribution in [3.63, 3.8) is 0 Å². The van der Waals surface area contributed by atoms with Gasteiger partial charge in [-0.25, -0.2) is 0 Å². The second-order valence-corrected chi connectivity index (χ2v) is 9.01. The highest BCUT2D eigenvalue weighted by Gasteiger charge is 2.48. The molecule has 0 aromatic rings. The van der Waals surface area contributed by atoms with E-state index in [0.717, 1.165) is 11.8 Å². The third-order valence-corrected chi connectivity index (χ3v) is 6.40. The van der Waals surface area contributed by atoms with Crippen molar-refractivity contribution in [2.75, 3.05) is 12.3 Å². The number of hydrogen-bond donors (Lipinski definition) is 1. The van der Waals surface area contributed by atoms with Crippen LogP contribution in [0.1, 0.15) is 66.7 Å². The molecule has 20 heavy (non-hydrogen) atoms. The minimum Gasteiger partial charge on any atom is -0.369 e. The minimum atomic E-state index is -0.00737. The molecule has 1 aliphatic heterocycles. The lowest BCUT2D eigenvalue weighted by molar-refractivity contribution is -0.0769. The normalized spacial score (nSPS) is 30.8. The molecule has 118 valence electrons. The van der Waals surface area contributed by atoms with E-state index >= 15 is 0 Å². The molecule has 1 heterocycles. The molecule has 1 aliphatic carbocycles. The second-order valence-electron chi connectivity index (χ2n) is 7.68. The fourth-order valence-electron chi connectivity index (χ4n) is 4.11. The Morgan fingerprint density at radius 1 is 1.20 bits per heavy atom. The first-order chi connectivity index (χ1) is 9.34. The Bertz CT molecular complexity index is 310. The number of nitrogens with one attached hydrogen (secondary N) is 1. The van der Waals surface area contributed by atoms with Crippen molar-refractivity contribution in [3.05, 3.63) is 0 Å². The molecule has 2 aliphatic rings. The minimum absolute atomic E-state index is 0.00737. The third-order valence-electron chi connectivity index (χ3n) is 4.91. The van der Waals surface area contributed by atoms with Gasteiger partial charge in [-0.05, 0) is 53.5 Å². The predicted molar refractivity (Wildman–Crippen MR) is 89.5 cm³/mol. The van der Waals surface area contributed by atoms with Crippen LogP contribution in [-0.2, 0) is 4.74 Å². The molecule has 2 atom stereocenters. The zero-order valence-corrected chi connectivity index (χ0v) is 14.8. The third kappa shape index (κ3) is 4.14. The van der Waals surface area contributed by atoms with E-state index in [-0.39, 0.29) is 11.2 Å². The van der Waals surface area contributed by atoms with Crippen LogP contribution >= 0.6 is 11.8 Å². The molecule has 0 amide bonds. The first-order valence-electron chi connectivity index (χ1n) is 8.39. The van der Waals surface area contributed by atoms with E-state index in [1.165, 1.54) is 37.9 Å². The molecule has 0 spiro atoms. The Morgan fingerprint density at radius 3 is 2.35 bits per heavy atom. The maximum Gasteiger partial charge on any atom is 0.0678 e. The smallest absolute Gasteiger partial charge is 0.0678 e. The number of rotatable bonds is 6. The van der Waals surface area contributed by atoms with Gasteiger partial charge in [0.1, 0.15) is 0 Å². The van der Waals surface area contributed by atoms with Crippen LogP contribution in [0.5, 0.6) is 0 Å². The van der Waals surface area contributed by atoms with Crippen molar-refractivity contribution in [1.82, 2.24) is 5.32 Å². The van der Waals surface area contributed by atoms with Gasteiger partial charge in [0.05, 0.1) is 11.2 Å². The summed E-state index contributed by atoms with van der Waals surface area (Å²) in [6.45, 7) is 12.3. The molecule has 0 bridgehead atoms. The Hall–Kier alpha value is 0.270. The van der Waals surface area contributed by atoms with E-state index in [9.17, 15) is 0 Å². The quantitative estimate of drug-likeness (QED) is 0.793. The van der Waals surface area contributed by atoms with E-state index in [0.29, 0.717) is 12.0 Å². The number of thioether (sulfide) groups is 1. The Labute approximate surface area is 129 Å². The maximum absolute atomic E-state index is 6.30. The molecule has 2 fully saturated rings. The zero-order valence-electron chi connectivity index (χ0n) is 14.0. The largest absolute Gasteiger partial charge is 0.369 e. The molecule has 1 N–H and O–H groups in total. The van der Waals surface area contributed by atoms with Crippen molar-refractivity contribution < 1.29 is 4.74 Å². The van der Waals surface area contributed by atoms with E-state index in [2.05, 4.69) is 51.7 Å². The monoisotopic (exact) mass is 299 g/mol. The summed E-state index contributed by atoms with van der Waals surface area (Å²) in [5.74, 6) is 1.86. The lowest BCUT2D eigenvalue weighted by atomic mass is 9.82. The first kappa shape index (κ1) is 16.6. The van der Waals surface area contributed by atoms with Crippen molar-refractivity contribution in [2.45, 2.75) is 89.2 Å². The van der Waals surface area contributed by atoms with E-state index < -0.39 is 0 Å². The van der Waals surface area contributed by atoms with Crippen molar-refractivity contribution in [1.29, 1.82) is 0 Å². The standard InChI is InChI=1S/C17H33NOS/c1-6-18-15(12-20-13-9-7-8-10-13)14-11-16(2,3)19-17(14,4)5/h13-15,18H,6-12H2,1-5H3. The summed E-state index contributed by atoms with van der Waals surface area (Å²) in [6.07, 6.45) is 6.91. The second kappa shape index (κ2) is 6.58. The van der Waals surface area contributed by atoms with Crippen LogP contribution < -0.4 is 5.32 Å². The van der Waals surface area contributed by atoms with Gasteiger partial charge < -0.3 is 10.1 Å². The van der Waals surface area contributed by atoms with Crippen LogP contribution in [0.15, 0.2) is 0 Å². The molecule has 2 unspecified atom stereocenters. The SMILES string of the molecule is CCNC(CSC1CCCC1)C1CC(C)(C)OC1(C)C. The van der Waals surface area contributed by atoms with Crippen molar-refractivity contribution in [3.8, 4) is 0 Å². The summed E-state index contributed by atoms with van der Waals surface area (Å²) < 4.78 is 6.30. The van der Waals surface area contributed by atoms with E-state index in [1.54, 1.807) is 0 Å². The van der Waals surface area contributed by atoms with Crippen LogP contribution in [0.3, 0.4) is 0 Å². The van der Waals surface area contributed by atoms with Gasteiger partial charge in [0.25, 0.3) is 0 Å². The molecular weight excluding hydrogens is 266 g/mol. The average Bonchev–Trinajstić information content (AvgIpc) is 2.90. The number of ether oxygens (including phenoxy) is 1. The van der Waals surface area contributed by atoms with Gasteiger partial charge in [0.2, 0.25) is 0 Å². The van der Waals surface area contributed by atoms with Gasteiger partial charge in [-0.2, -0.15) is 11.8 Å². The van der Waals surface area contributed by atoms with E-state index in [1.807, 2.05) is 0 Å². The molecule has 0 aromatic heterocycles. The Morgan fingerprint density at radius 2 is 1.85 bits per heavy atom. The van der Waals surface area contributed by atoms with Crippen LogP contribution in [-0.4, -0.2) is 34.8 Å². The lowest BCUT2D eigenvalue weighted by Gasteiger charge is -2.33. The topological polar surface area (TPSA) is 21.3 Å². The molecule has 0 aromatic carbocycles. The average molecular weight is 300 g/mol. The highest BCUT2D eigenvalue weighted by molar-refractivity contribution is 7.99. The summed E-state index contributed by atoms with van der Waals surface area (Å²) >= 11 is 2.20. The Balaban J connectivity index is 1.96. The van der Waals surface area contributed by atoms with Crippen molar-refractivity contribution >= 4 is 11.8 Å². The van der Waals surface area contributed by atoms with Crippen LogP contribution in [0, 0.1) is 5.92 Å². The maximum atomic E-state index is 6.30. The highest BCUT2D eigenvalue weighted by Crippen LogP contribution is 2.44. The highest BCUT2D eigenvalue weighted by atomic mass is 32.2. The lowest BCUT2D eigenvalue weighted by Crippen LogP contribution is -2.46. The van der Waals surface area contributed by atoms with Gasteiger partial charge >= 0.3 is 0 Å². The van der Waals surface area contributed by atoms with Crippen LogP contribution in [0.2, 0.25) is 0 Å². The molecule has 3 heteroatoms. The Kier molecular flexibility index (Phi) is 5.47. The zero-order chi connectivity index (χ0) is 14.8. The summed E-state index contributed by atoms with van der Waals surface area (Å²) in [6, 6.07) is 0.586. The summed E-state index contributed by atoms with van der Waals surface area (Å²) in [4.78, 5) is 0. The molecule has 1 saturated heterocycles. The fourth-order valence-corrected chi connectivity index (χ4v) is 5.60. The molecule has 2 nitrogen and oxygen atoms in total. The fraction of sp³-hybridized carbons (Fsp3) is 1.00. The van der Waals surface area contributed by atoms with Gasteiger partial charge in [-0.1, -0.05) is 19.8 Å². The van der Waals surface area contributed by atoms with Gasteiger partial charge in [0, 0.05) is 23.0 Å².